The van der Waals surface area contributed by atoms with Crippen LogP contribution < -0.4 is 4.90 Å². The lowest BCUT2D eigenvalue weighted by molar-refractivity contribution is -0.137. The van der Waals surface area contributed by atoms with Gasteiger partial charge in [-0.2, -0.15) is 13.2 Å². The number of hydrogen-bond acceptors (Lipinski definition) is 3. The van der Waals surface area contributed by atoms with Crippen LogP contribution in [0, 0.1) is 0 Å². The number of rotatable bonds is 1. The molecule has 2 fully saturated rings. The Kier molecular flexibility index (Phi) is 2.92. The lowest BCUT2D eigenvalue weighted by atomic mass is 10.00. The largest absolute Gasteiger partial charge is 0.417 e. The molecule has 2 unspecified atom stereocenters. The van der Waals surface area contributed by atoms with Gasteiger partial charge in [-0.3, -0.25) is 0 Å². The quantitative estimate of drug-likeness (QED) is 0.853. The molecule has 3 atom stereocenters. The molecule has 19 heavy (non-hydrogen) atoms. The summed E-state index contributed by atoms with van der Waals surface area (Å²) in [7, 11) is 0. The number of aromatic nitrogens is 1. The molecule has 1 aromatic rings. The third-order valence-electron chi connectivity index (χ3n) is 4.05. The molecule has 6 heteroatoms. The summed E-state index contributed by atoms with van der Waals surface area (Å²) in [5.74, 6) is 0.590. The van der Waals surface area contributed by atoms with E-state index in [1.807, 2.05) is 0 Å². The van der Waals surface area contributed by atoms with Crippen LogP contribution in [-0.4, -0.2) is 28.3 Å². The molecule has 3 nitrogen and oxygen atoms in total. The predicted molar refractivity (Wildman–Crippen MR) is 63.8 cm³/mol. The number of piperidine rings is 1. The van der Waals surface area contributed by atoms with Crippen molar-refractivity contribution in [3.05, 3.63) is 23.9 Å². The highest BCUT2D eigenvalue weighted by molar-refractivity contribution is 5.44. The second-order valence-electron chi connectivity index (χ2n) is 5.32. The number of fused-ring (bicyclic) bond motifs is 2. The van der Waals surface area contributed by atoms with Crippen LogP contribution in [0.4, 0.5) is 19.0 Å². The first-order valence-corrected chi connectivity index (χ1v) is 6.45. The summed E-state index contributed by atoms with van der Waals surface area (Å²) in [6.45, 7) is 0. The van der Waals surface area contributed by atoms with Crippen molar-refractivity contribution < 1.29 is 18.3 Å². The summed E-state index contributed by atoms with van der Waals surface area (Å²) in [5, 5.41) is 9.71. The van der Waals surface area contributed by atoms with E-state index in [9.17, 15) is 18.3 Å². The fourth-order valence-electron chi connectivity index (χ4n) is 3.23. The van der Waals surface area contributed by atoms with Crippen molar-refractivity contribution in [1.29, 1.82) is 0 Å². The summed E-state index contributed by atoms with van der Waals surface area (Å²) in [6.07, 6.45) is -0.432. The zero-order valence-electron chi connectivity index (χ0n) is 10.3. The molecule has 0 saturated carbocycles. The second-order valence-corrected chi connectivity index (χ2v) is 5.32. The smallest absolute Gasteiger partial charge is 0.393 e. The third kappa shape index (κ3) is 2.29. The Morgan fingerprint density at radius 1 is 1.16 bits per heavy atom. The van der Waals surface area contributed by atoms with Crippen LogP contribution in [0.2, 0.25) is 0 Å². The van der Waals surface area contributed by atoms with Crippen LogP contribution in [0.3, 0.4) is 0 Å². The lowest BCUT2D eigenvalue weighted by Gasteiger charge is -2.38. The molecule has 0 aliphatic carbocycles. The molecule has 0 radical (unpaired) electrons. The molecule has 1 aromatic heterocycles. The van der Waals surface area contributed by atoms with Crippen molar-refractivity contribution in [2.24, 2.45) is 0 Å². The van der Waals surface area contributed by atoms with Gasteiger partial charge >= 0.3 is 6.18 Å². The molecule has 3 rings (SSSR count). The zero-order valence-corrected chi connectivity index (χ0v) is 10.3. The number of pyridine rings is 1. The molecule has 1 N–H and O–H groups in total. The van der Waals surface area contributed by atoms with Gasteiger partial charge in [-0.25, -0.2) is 4.98 Å². The highest BCUT2D eigenvalue weighted by Crippen LogP contribution is 2.39. The summed E-state index contributed by atoms with van der Waals surface area (Å²) in [5.41, 5.74) is -0.722. The van der Waals surface area contributed by atoms with Crippen LogP contribution in [0.5, 0.6) is 0 Å². The maximum absolute atomic E-state index is 12.5. The van der Waals surface area contributed by atoms with Gasteiger partial charge in [-0.1, -0.05) is 0 Å². The summed E-state index contributed by atoms with van der Waals surface area (Å²) in [4.78, 5) is 6.04. The highest BCUT2D eigenvalue weighted by atomic mass is 19.4. The standard InChI is InChI=1S/C13H15F3N2O/c14-13(15,16)8-1-4-12(17-7-8)18-9-2-3-10(18)6-11(19)5-9/h1,4,7,9-11,19H,2-3,5-6H2/t9-,10?,11?/m0/s1. The molecule has 0 aromatic carbocycles. The van der Waals surface area contributed by atoms with Gasteiger partial charge in [0.25, 0.3) is 0 Å². The Morgan fingerprint density at radius 3 is 2.26 bits per heavy atom. The van der Waals surface area contributed by atoms with Crippen molar-refractivity contribution in [3.8, 4) is 0 Å². The van der Waals surface area contributed by atoms with E-state index >= 15 is 0 Å². The number of anilines is 1. The van der Waals surface area contributed by atoms with E-state index in [1.165, 1.54) is 6.07 Å². The number of halogens is 3. The Hall–Kier alpha value is -1.30. The average molecular weight is 272 g/mol. The van der Waals surface area contributed by atoms with Gasteiger partial charge in [0.1, 0.15) is 5.82 Å². The minimum atomic E-state index is -4.34. The summed E-state index contributed by atoms with van der Waals surface area (Å²) in [6, 6.07) is 2.93. The predicted octanol–water partition coefficient (Wildman–Crippen LogP) is 2.59. The van der Waals surface area contributed by atoms with Crippen LogP contribution in [0.15, 0.2) is 18.3 Å². The minimum absolute atomic E-state index is 0.206. The first-order chi connectivity index (χ1) is 8.95. The van der Waals surface area contributed by atoms with E-state index in [-0.39, 0.29) is 18.2 Å². The van der Waals surface area contributed by atoms with Crippen molar-refractivity contribution >= 4 is 5.82 Å². The monoisotopic (exact) mass is 272 g/mol. The summed E-state index contributed by atoms with van der Waals surface area (Å²) < 4.78 is 37.5. The number of aliphatic hydroxyl groups excluding tert-OH is 1. The Labute approximate surface area is 109 Å². The molecule has 0 spiro atoms. The maximum atomic E-state index is 12.5. The Bertz CT molecular complexity index is 446. The molecule has 2 aliphatic heterocycles. The van der Waals surface area contributed by atoms with Crippen LogP contribution in [0.25, 0.3) is 0 Å². The maximum Gasteiger partial charge on any atom is 0.417 e. The summed E-state index contributed by atoms with van der Waals surface area (Å²) >= 11 is 0. The normalized spacial score (nSPS) is 30.7. The van der Waals surface area contributed by atoms with Crippen LogP contribution in [0.1, 0.15) is 31.2 Å². The van der Waals surface area contributed by atoms with Gasteiger partial charge in [0.15, 0.2) is 0 Å². The highest BCUT2D eigenvalue weighted by Gasteiger charge is 2.41. The Balaban J connectivity index is 1.84. The van der Waals surface area contributed by atoms with E-state index < -0.39 is 11.7 Å². The number of aliphatic hydroxyl groups is 1. The van der Waals surface area contributed by atoms with Crippen molar-refractivity contribution in [3.63, 3.8) is 0 Å². The minimum Gasteiger partial charge on any atom is -0.393 e. The van der Waals surface area contributed by atoms with Gasteiger partial charge in [0.05, 0.1) is 11.7 Å². The zero-order chi connectivity index (χ0) is 13.6. The molecule has 2 bridgehead atoms. The molecule has 104 valence electrons. The fourth-order valence-corrected chi connectivity index (χ4v) is 3.23. The first kappa shape index (κ1) is 12.7. The number of nitrogens with zero attached hydrogens (tertiary/aromatic N) is 2. The van der Waals surface area contributed by atoms with E-state index in [4.69, 9.17) is 0 Å². The molecule has 0 amide bonds. The topological polar surface area (TPSA) is 36.4 Å². The second kappa shape index (κ2) is 4.37. The SMILES string of the molecule is OC1CC2CC[C@@H](C1)N2c1ccc(C(F)(F)F)cn1. The van der Waals surface area contributed by atoms with E-state index in [2.05, 4.69) is 9.88 Å². The van der Waals surface area contributed by atoms with Crippen LogP contribution in [-0.2, 0) is 6.18 Å². The first-order valence-electron chi connectivity index (χ1n) is 6.45. The van der Waals surface area contributed by atoms with Crippen LogP contribution >= 0.6 is 0 Å². The Morgan fingerprint density at radius 2 is 1.79 bits per heavy atom. The molecular weight excluding hydrogens is 257 g/mol. The van der Waals surface area contributed by atoms with Gasteiger partial charge in [0, 0.05) is 18.3 Å². The average Bonchev–Trinajstić information content (AvgIpc) is 2.61. The molecule has 2 saturated heterocycles. The molecular formula is C13H15F3N2O. The van der Waals surface area contributed by atoms with E-state index in [0.717, 1.165) is 25.1 Å². The van der Waals surface area contributed by atoms with Crippen molar-refractivity contribution in [2.45, 2.75) is 50.0 Å². The van der Waals surface area contributed by atoms with Gasteiger partial charge in [-0.15, -0.1) is 0 Å². The van der Waals surface area contributed by atoms with Crippen molar-refractivity contribution in [1.82, 2.24) is 4.98 Å². The van der Waals surface area contributed by atoms with Crippen molar-refractivity contribution in [2.75, 3.05) is 4.90 Å². The van der Waals surface area contributed by atoms with E-state index in [1.54, 1.807) is 0 Å². The third-order valence-corrected chi connectivity index (χ3v) is 4.05. The molecule has 3 heterocycles. The van der Waals surface area contributed by atoms with E-state index in [0.29, 0.717) is 18.7 Å². The van der Waals surface area contributed by atoms with Gasteiger partial charge in [-0.05, 0) is 37.8 Å². The molecule has 2 aliphatic rings. The number of alkyl halides is 3. The fraction of sp³-hybridized carbons (Fsp3) is 0.615. The van der Waals surface area contributed by atoms with Gasteiger partial charge < -0.3 is 10.0 Å². The number of hydrogen-bond donors (Lipinski definition) is 1. The van der Waals surface area contributed by atoms with Gasteiger partial charge in [0.2, 0.25) is 0 Å². The lowest BCUT2D eigenvalue weighted by Crippen LogP contribution is -2.45.